The van der Waals surface area contributed by atoms with Crippen molar-refractivity contribution in [3.8, 4) is 23.0 Å². The lowest BCUT2D eigenvalue weighted by atomic mass is 9.72. The highest BCUT2D eigenvalue weighted by molar-refractivity contribution is 7.47. The third-order valence-electron chi connectivity index (χ3n) is 7.03. The first-order valence-electron chi connectivity index (χ1n) is 12.6. The molecule has 1 aliphatic carbocycles. The number of benzene rings is 2. The summed E-state index contributed by atoms with van der Waals surface area (Å²) in [6.45, 7) is 6.74. The van der Waals surface area contributed by atoms with Gasteiger partial charge in [0.15, 0.2) is 0 Å². The minimum absolute atomic E-state index is 0.245. The number of ether oxygens (including phenoxy) is 3. The van der Waals surface area contributed by atoms with Gasteiger partial charge in [0.25, 0.3) is 0 Å². The molecule has 0 radical (unpaired) electrons. The molecule has 3 rings (SSSR count). The molecule has 0 aliphatic heterocycles. The Balaban J connectivity index is 1.51. The van der Waals surface area contributed by atoms with Crippen LogP contribution in [0.1, 0.15) is 64.0 Å². The van der Waals surface area contributed by atoms with Gasteiger partial charge in [0.05, 0.1) is 27.4 Å². The quantitative estimate of drug-likeness (QED) is 0.320. The van der Waals surface area contributed by atoms with Crippen LogP contribution < -0.4 is 18.7 Å². The van der Waals surface area contributed by atoms with Crippen molar-refractivity contribution in [1.29, 1.82) is 0 Å². The third-order valence-corrected chi connectivity index (χ3v) is 8.04. The van der Waals surface area contributed by atoms with Gasteiger partial charge < -0.3 is 18.7 Å². The molecule has 1 fully saturated rings. The minimum Gasteiger partial charge on any atom is -0.496 e. The summed E-state index contributed by atoms with van der Waals surface area (Å²) in [4.78, 5) is 10.3. The van der Waals surface area contributed by atoms with Crippen molar-refractivity contribution < 1.29 is 32.7 Å². The van der Waals surface area contributed by atoms with Crippen LogP contribution in [-0.2, 0) is 21.9 Å². The van der Waals surface area contributed by atoms with E-state index in [4.69, 9.17) is 23.3 Å². The predicted octanol–water partition coefficient (Wildman–Crippen LogP) is 6.99. The van der Waals surface area contributed by atoms with E-state index in [-0.39, 0.29) is 11.5 Å². The lowest BCUT2D eigenvalue weighted by Gasteiger charge is -2.36. The first-order chi connectivity index (χ1) is 17.0. The second-order valence-electron chi connectivity index (χ2n) is 10.5. The summed E-state index contributed by atoms with van der Waals surface area (Å²) >= 11 is 0. The SMILES string of the molecule is COc1cc(OC)c(CCCc2ccc(OP(=O)(O)OC3CCC(C(C)(C)C)CC3)cc2)c(OC)c1. The average molecular weight is 521 g/mol. The monoisotopic (exact) mass is 520 g/mol. The Kier molecular flexibility index (Phi) is 9.73. The molecular weight excluding hydrogens is 479 g/mol. The van der Waals surface area contributed by atoms with E-state index in [2.05, 4.69) is 20.8 Å². The largest absolute Gasteiger partial charge is 0.527 e. The van der Waals surface area contributed by atoms with Crippen LogP contribution in [0.25, 0.3) is 0 Å². The number of phosphoric ester groups is 1. The Morgan fingerprint density at radius 1 is 0.861 bits per heavy atom. The Morgan fingerprint density at radius 3 is 1.94 bits per heavy atom. The Hall–Kier alpha value is -2.21. The molecule has 0 saturated heterocycles. The Labute approximate surface area is 215 Å². The molecule has 7 nitrogen and oxygen atoms in total. The summed E-state index contributed by atoms with van der Waals surface area (Å²) in [5.74, 6) is 3.09. The molecule has 36 heavy (non-hydrogen) atoms. The first-order valence-corrected chi connectivity index (χ1v) is 14.1. The van der Waals surface area contributed by atoms with E-state index < -0.39 is 7.82 Å². The molecule has 1 atom stereocenters. The smallest absolute Gasteiger partial charge is 0.496 e. The zero-order chi connectivity index (χ0) is 26.3. The van der Waals surface area contributed by atoms with Gasteiger partial charge >= 0.3 is 7.82 Å². The van der Waals surface area contributed by atoms with Gasteiger partial charge in [-0.3, -0.25) is 9.42 Å². The number of methoxy groups -OCH3 is 3. The highest BCUT2D eigenvalue weighted by Gasteiger charge is 2.34. The minimum atomic E-state index is -4.18. The topological polar surface area (TPSA) is 83.5 Å². The Bertz CT molecular complexity index is 996. The maximum absolute atomic E-state index is 12.6. The summed E-state index contributed by atoms with van der Waals surface area (Å²) in [5, 5.41) is 0. The van der Waals surface area contributed by atoms with E-state index in [1.165, 1.54) is 0 Å². The molecule has 2 aromatic rings. The van der Waals surface area contributed by atoms with Gasteiger partial charge in [-0.15, -0.1) is 0 Å². The van der Waals surface area contributed by atoms with Gasteiger partial charge in [-0.2, -0.15) is 0 Å². The lowest BCUT2D eigenvalue weighted by molar-refractivity contribution is 0.0660. The second kappa shape index (κ2) is 12.4. The standard InChI is InChI=1S/C28H41O7P/c1-28(2,3)21-12-16-23(17-13-21)35-36(29,30)34-22-14-10-20(11-15-22)8-7-9-25-26(32-5)18-24(31-4)19-27(25)33-6/h10-11,14-15,18-19,21,23H,7-9,12-13,16-17H2,1-6H3,(H,29,30). The van der Waals surface area contributed by atoms with Crippen molar-refractivity contribution >= 4 is 7.82 Å². The fourth-order valence-electron chi connectivity index (χ4n) is 4.89. The zero-order valence-electron chi connectivity index (χ0n) is 22.4. The lowest BCUT2D eigenvalue weighted by Crippen LogP contribution is -2.29. The molecule has 0 spiro atoms. The molecule has 0 bridgehead atoms. The van der Waals surface area contributed by atoms with Gasteiger partial charge in [0, 0.05) is 17.7 Å². The van der Waals surface area contributed by atoms with Crippen LogP contribution in [0.4, 0.5) is 0 Å². The van der Waals surface area contributed by atoms with Crippen molar-refractivity contribution in [1.82, 2.24) is 0 Å². The molecule has 0 heterocycles. The van der Waals surface area contributed by atoms with Crippen molar-refractivity contribution in [3.05, 3.63) is 47.5 Å². The molecule has 0 aromatic heterocycles. The van der Waals surface area contributed by atoms with Crippen LogP contribution in [0.5, 0.6) is 23.0 Å². The van der Waals surface area contributed by atoms with Gasteiger partial charge in [-0.25, -0.2) is 4.57 Å². The number of rotatable bonds is 11. The van der Waals surface area contributed by atoms with E-state index in [1.54, 1.807) is 33.5 Å². The zero-order valence-corrected chi connectivity index (χ0v) is 23.3. The van der Waals surface area contributed by atoms with Gasteiger partial charge in [-0.1, -0.05) is 32.9 Å². The second-order valence-corrected chi connectivity index (χ2v) is 11.8. The number of hydrogen-bond acceptors (Lipinski definition) is 6. The molecular formula is C28H41O7P. The van der Waals surface area contributed by atoms with Gasteiger partial charge in [0.2, 0.25) is 0 Å². The van der Waals surface area contributed by atoms with Crippen molar-refractivity contribution in [2.45, 2.75) is 71.8 Å². The fraction of sp³-hybridized carbons (Fsp3) is 0.571. The van der Waals surface area contributed by atoms with Crippen LogP contribution in [0.3, 0.4) is 0 Å². The summed E-state index contributed by atoms with van der Waals surface area (Å²) in [7, 11) is 0.701. The van der Waals surface area contributed by atoms with Crippen molar-refractivity contribution in [2.24, 2.45) is 11.3 Å². The maximum Gasteiger partial charge on any atom is 0.527 e. The van der Waals surface area contributed by atoms with E-state index in [1.807, 2.05) is 24.3 Å². The molecule has 1 unspecified atom stereocenters. The third kappa shape index (κ3) is 7.89. The van der Waals surface area contributed by atoms with E-state index in [0.29, 0.717) is 17.4 Å². The van der Waals surface area contributed by atoms with Crippen LogP contribution in [0.2, 0.25) is 0 Å². The van der Waals surface area contributed by atoms with E-state index in [0.717, 1.165) is 67.6 Å². The maximum atomic E-state index is 12.6. The van der Waals surface area contributed by atoms with Crippen molar-refractivity contribution in [2.75, 3.05) is 21.3 Å². The molecule has 2 aromatic carbocycles. The summed E-state index contributed by atoms with van der Waals surface area (Å²) in [5.41, 5.74) is 2.34. The van der Waals surface area contributed by atoms with Crippen LogP contribution >= 0.6 is 7.82 Å². The summed E-state index contributed by atoms with van der Waals surface area (Å²) in [6, 6.07) is 11.0. The fourth-order valence-corrected chi connectivity index (χ4v) is 5.91. The molecule has 8 heteroatoms. The molecule has 1 aliphatic rings. The van der Waals surface area contributed by atoms with E-state index >= 15 is 0 Å². The number of hydrogen-bond donors (Lipinski definition) is 1. The summed E-state index contributed by atoms with van der Waals surface area (Å²) < 4.78 is 39.8. The summed E-state index contributed by atoms with van der Waals surface area (Å²) in [6.07, 6.45) is 5.77. The first kappa shape index (κ1) is 28.4. The average Bonchev–Trinajstić information content (AvgIpc) is 2.84. The number of aryl methyl sites for hydroxylation is 1. The van der Waals surface area contributed by atoms with Crippen LogP contribution in [0.15, 0.2) is 36.4 Å². The molecule has 1 saturated carbocycles. The van der Waals surface area contributed by atoms with Gasteiger partial charge in [0.1, 0.15) is 23.0 Å². The molecule has 0 amide bonds. The normalized spacial score (nSPS) is 19.9. The van der Waals surface area contributed by atoms with Crippen LogP contribution in [0, 0.1) is 11.3 Å². The highest BCUT2D eigenvalue weighted by atomic mass is 31.2. The number of phosphoric acid groups is 1. The van der Waals surface area contributed by atoms with E-state index in [9.17, 15) is 9.46 Å². The predicted molar refractivity (Wildman–Crippen MR) is 141 cm³/mol. The molecule has 200 valence electrons. The highest BCUT2D eigenvalue weighted by Crippen LogP contribution is 2.48. The molecule has 1 N–H and O–H groups in total. The Morgan fingerprint density at radius 2 is 1.44 bits per heavy atom. The van der Waals surface area contributed by atoms with Crippen molar-refractivity contribution in [3.63, 3.8) is 0 Å². The van der Waals surface area contributed by atoms with Crippen LogP contribution in [-0.4, -0.2) is 32.3 Å². The van der Waals surface area contributed by atoms with Gasteiger partial charge in [-0.05, 0) is 74.0 Å².